The number of hydrogen-bond donors (Lipinski definition) is 1. The lowest BCUT2D eigenvalue weighted by Crippen LogP contribution is -2.12. The van der Waals surface area contributed by atoms with Crippen LogP contribution < -0.4 is 5.32 Å². The fraction of sp³-hybridized carbons (Fsp3) is 0.240. The van der Waals surface area contributed by atoms with E-state index in [1.54, 1.807) is 23.7 Å². The molecule has 0 saturated heterocycles. The second kappa shape index (κ2) is 8.83. The van der Waals surface area contributed by atoms with Crippen molar-refractivity contribution in [1.82, 2.24) is 19.7 Å². The molecule has 1 atom stereocenters. The van der Waals surface area contributed by atoms with Crippen molar-refractivity contribution in [1.29, 1.82) is 0 Å². The predicted molar refractivity (Wildman–Crippen MR) is 132 cm³/mol. The number of benzene rings is 1. The molecule has 0 amide bonds. The van der Waals surface area contributed by atoms with E-state index in [9.17, 15) is 4.79 Å². The second-order valence-electron chi connectivity index (χ2n) is 8.12. The molecule has 34 heavy (non-hydrogen) atoms. The highest BCUT2D eigenvalue weighted by atomic mass is 32.1. The first-order chi connectivity index (χ1) is 16.5. The lowest BCUT2D eigenvalue weighted by Gasteiger charge is -2.12. The highest BCUT2D eigenvalue weighted by Gasteiger charge is 2.32. The summed E-state index contributed by atoms with van der Waals surface area (Å²) < 4.78 is 6.98. The number of hydrogen-bond acceptors (Lipinski definition) is 8. The van der Waals surface area contributed by atoms with Crippen LogP contribution >= 0.6 is 11.3 Å². The standard InChI is InChI=1S/C25H24N6O2S/c1-14-15(2)34-25-22(14)23(17-7-9-18(10-8-17)27-19-6-5-11-26-13-19)28-20(12-21(32)33-4)24-30-29-16(3)31(24)25/h5-11,13,20,27H,12H2,1-4H3/t20-/m0/s1. The molecule has 3 aromatic heterocycles. The molecule has 4 heterocycles. The Labute approximate surface area is 201 Å². The molecule has 0 aliphatic carbocycles. The van der Waals surface area contributed by atoms with Crippen molar-refractivity contribution in [2.24, 2.45) is 4.99 Å². The third-order valence-electron chi connectivity index (χ3n) is 5.94. The van der Waals surface area contributed by atoms with Crippen molar-refractivity contribution >= 4 is 34.4 Å². The van der Waals surface area contributed by atoms with E-state index in [-0.39, 0.29) is 12.4 Å². The summed E-state index contributed by atoms with van der Waals surface area (Å²) in [5.41, 5.74) is 5.87. The number of fused-ring (bicyclic) bond motifs is 3. The van der Waals surface area contributed by atoms with E-state index in [2.05, 4.69) is 34.3 Å². The Morgan fingerprint density at radius 3 is 2.62 bits per heavy atom. The Morgan fingerprint density at radius 1 is 1.12 bits per heavy atom. The van der Waals surface area contributed by atoms with Gasteiger partial charge in [-0.1, -0.05) is 12.1 Å². The van der Waals surface area contributed by atoms with Gasteiger partial charge < -0.3 is 10.1 Å². The van der Waals surface area contributed by atoms with Crippen LogP contribution in [-0.4, -0.2) is 38.5 Å². The molecule has 0 radical (unpaired) electrons. The molecule has 172 valence electrons. The van der Waals surface area contributed by atoms with E-state index in [4.69, 9.17) is 9.73 Å². The lowest BCUT2D eigenvalue weighted by atomic mass is 9.99. The molecule has 1 aromatic carbocycles. The Kier molecular flexibility index (Phi) is 5.70. The van der Waals surface area contributed by atoms with Crippen LogP contribution in [0.5, 0.6) is 0 Å². The quantitative estimate of drug-likeness (QED) is 0.418. The van der Waals surface area contributed by atoms with Gasteiger partial charge in [0.25, 0.3) is 0 Å². The number of aromatic nitrogens is 4. The largest absolute Gasteiger partial charge is 0.469 e. The van der Waals surface area contributed by atoms with Crippen LogP contribution in [-0.2, 0) is 9.53 Å². The van der Waals surface area contributed by atoms with Gasteiger partial charge in [-0.3, -0.25) is 19.3 Å². The van der Waals surface area contributed by atoms with Gasteiger partial charge in [0.2, 0.25) is 0 Å². The average Bonchev–Trinajstić information content (AvgIpc) is 3.32. The summed E-state index contributed by atoms with van der Waals surface area (Å²) in [4.78, 5) is 22.7. The number of rotatable bonds is 5. The van der Waals surface area contributed by atoms with Crippen LogP contribution in [0, 0.1) is 20.8 Å². The van der Waals surface area contributed by atoms with Crippen LogP contribution in [0.2, 0.25) is 0 Å². The first-order valence-electron chi connectivity index (χ1n) is 10.9. The average molecular weight is 473 g/mol. The number of carbonyl (C=O) groups excluding carboxylic acids is 1. The minimum absolute atomic E-state index is 0.0890. The van der Waals surface area contributed by atoms with Crippen LogP contribution in [0.15, 0.2) is 53.8 Å². The highest BCUT2D eigenvalue weighted by Crippen LogP contribution is 2.39. The molecule has 0 saturated carbocycles. The number of carbonyl (C=O) groups is 1. The van der Waals surface area contributed by atoms with E-state index in [0.29, 0.717) is 5.82 Å². The van der Waals surface area contributed by atoms with Crippen molar-refractivity contribution in [2.75, 3.05) is 12.4 Å². The molecule has 1 aliphatic heterocycles. The predicted octanol–water partition coefficient (Wildman–Crippen LogP) is 4.85. The van der Waals surface area contributed by atoms with Gasteiger partial charge in [0, 0.05) is 27.9 Å². The maximum atomic E-state index is 12.2. The van der Waals surface area contributed by atoms with Crippen molar-refractivity contribution in [3.05, 3.63) is 82.0 Å². The zero-order valence-corrected chi connectivity index (χ0v) is 20.2. The van der Waals surface area contributed by atoms with Crippen LogP contribution in [0.1, 0.15) is 45.7 Å². The first-order valence-corrected chi connectivity index (χ1v) is 11.7. The van der Waals surface area contributed by atoms with E-state index in [1.807, 2.05) is 47.9 Å². The number of aryl methyl sites for hydroxylation is 2. The topological polar surface area (TPSA) is 94.3 Å². The molecule has 0 fully saturated rings. The molecule has 5 rings (SSSR count). The molecule has 0 spiro atoms. The number of ether oxygens (including phenoxy) is 1. The van der Waals surface area contributed by atoms with Crippen molar-refractivity contribution in [3.8, 4) is 5.00 Å². The van der Waals surface area contributed by atoms with Gasteiger partial charge in [-0.25, -0.2) is 0 Å². The summed E-state index contributed by atoms with van der Waals surface area (Å²) >= 11 is 1.69. The van der Waals surface area contributed by atoms with E-state index in [0.717, 1.165) is 44.6 Å². The Balaban J connectivity index is 1.62. The number of nitrogens with one attached hydrogen (secondary N) is 1. The lowest BCUT2D eigenvalue weighted by molar-refractivity contribution is -0.141. The van der Waals surface area contributed by atoms with Crippen LogP contribution in [0.4, 0.5) is 11.4 Å². The van der Waals surface area contributed by atoms with Crippen molar-refractivity contribution in [3.63, 3.8) is 0 Å². The number of nitrogens with zero attached hydrogens (tertiary/aromatic N) is 5. The van der Waals surface area contributed by atoms with Gasteiger partial charge in [-0.05, 0) is 50.6 Å². The van der Waals surface area contributed by atoms with Crippen molar-refractivity contribution in [2.45, 2.75) is 33.2 Å². The maximum absolute atomic E-state index is 12.2. The van der Waals surface area contributed by atoms with Crippen LogP contribution in [0.3, 0.4) is 0 Å². The Bertz CT molecular complexity index is 1390. The molecule has 8 nitrogen and oxygen atoms in total. The smallest absolute Gasteiger partial charge is 0.308 e. The third kappa shape index (κ3) is 3.88. The summed E-state index contributed by atoms with van der Waals surface area (Å²) in [5, 5.41) is 13.1. The SMILES string of the molecule is COC(=O)C[C@@H]1N=C(c2ccc(Nc3cccnc3)cc2)c2c(sc(C)c2C)-n2c(C)nnc21. The minimum Gasteiger partial charge on any atom is -0.469 e. The van der Waals surface area contributed by atoms with Crippen molar-refractivity contribution < 1.29 is 9.53 Å². The van der Waals surface area contributed by atoms with Gasteiger partial charge in [0.05, 0.1) is 31.1 Å². The summed E-state index contributed by atoms with van der Waals surface area (Å²) in [6.07, 6.45) is 3.61. The zero-order valence-electron chi connectivity index (χ0n) is 19.4. The van der Waals surface area contributed by atoms with Gasteiger partial charge in [0.1, 0.15) is 16.9 Å². The number of esters is 1. The monoisotopic (exact) mass is 472 g/mol. The maximum Gasteiger partial charge on any atom is 0.308 e. The molecule has 0 bridgehead atoms. The van der Waals surface area contributed by atoms with Gasteiger partial charge in [0.15, 0.2) is 5.82 Å². The first kappa shape index (κ1) is 22.0. The van der Waals surface area contributed by atoms with Gasteiger partial charge in [-0.2, -0.15) is 0 Å². The molecular weight excluding hydrogens is 448 g/mol. The number of anilines is 2. The number of methoxy groups -OCH3 is 1. The fourth-order valence-electron chi connectivity index (χ4n) is 4.08. The van der Waals surface area contributed by atoms with Gasteiger partial charge >= 0.3 is 5.97 Å². The fourth-order valence-corrected chi connectivity index (χ4v) is 5.29. The third-order valence-corrected chi connectivity index (χ3v) is 7.13. The number of aliphatic imine (C=N–C) groups is 1. The number of pyridine rings is 1. The summed E-state index contributed by atoms with van der Waals surface area (Å²) in [6.45, 7) is 6.14. The minimum atomic E-state index is -0.504. The molecule has 4 aromatic rings. The molecular formula is C25H24N6O2S. The zero-order chi connectivity index (χ0) is 23.8. The summed E-state index contributed by atoms with van der Waals surface area (Å²) in [5.74, 6) is 1.07. The molecule has 9 heteroatoms. The highest BCUT2D eigenvalue weighted by molar-refractivity contribution is 7.15. The molecule has 1 N–H and O–H groups in total. The molecule has 1 aliphatic rings. The normalized spacial score (nSPS) is 14.6. The second-order valence-corrected chi connectivity index (χ2v) is 9.33. The summed E-state index contributed by atoms with van der Waals surface area (Å²) in [7, 11) is 1.39. The van der Waals surface area contributed by atoms with E-state index >= 15 is 0 Å². The van der Waals surface area contributed by atoms with E-state index < -0.39 is 6.04 Å². The number of thiophene rings is 1. The molecule has 0 unspecified atom stereocenters. The van der Waals surface area contributed by atoms with E-state index in [1.165, 1.54) is 12.0 Å². The summed E-state index contributed by atoms with van der Waals surface area (Å²) in [6, 6.07) is 11.5. The Hall–Kier alpha value is -3.85. The van der Waals surface area contributed by atoms with Crippen LogP contribution in [0.25, 0.3) is 5.00 Å². The Morgan fingerprint density at radius 2 is 1.91 bits per heavy atom. The van der Waals surface area contributed by atoms with Gasteiger partial charge in [-0.15, -0.1) is 21.5 Å².